The molecule has 1 heterocycles. The van der Waals surface area contributed by atoms with Crippen LogP contribution in [0.3, 0.4) is 0 Å². The van der Waals surface area contributed by atoms with E-state index >= 15 is 0 Å². The standard InChI is InChI=1S/C23H27N5O4/c1-2-27-21(29)13-12-20(25-27)18-10-8-17(9-11-18)14-15-26(16-24)22(30)28(23(31)32)19-6-4-3-5-7-19/h8-13,19H,2-7,14-15H2,1H3,(H,31,32). The van der Waals surface area contributed by atoms with Gasteiger partial charge in [-0.15, -0.1) is 0 Å². The van der Waals surface area contributed by atoms with E-state index in [1.54, 1.807) is 6.07 Å². The Morgan fingerprint density at radius 1 is 1.16 bits per heavy atom. The molecular weight excluding hydrogens is 410 g/mol. The van der Waals surface area contributed by atoms with Crippen LogP contribution in [-0.2, 0) is 13.0 Å². The van der Waals surface area contributed by atoms with Crippen LogP contribution in [0.25, 0.3) is 11.3 Å². The summed E-state index contributed by atoms with van der Waals surface area (Å²) in [5, 5.41) is 23.4. The van der Waals surface area contributed by atoms with E-state index in [0.29, 0.717) is 31.5 Å². The van der Waals surface area contributed by atoms with Gasteiger partial charge in [0.05, 0.1) is 5.69 Å². The number of nitrogens with zero attached hydrogens (tertiary/aromatic N) is 5. The van der Waals surface area contributed by atoms with Crippen molar-refractivity contribution in [2.45, 2.75) is 58.0 Å². The smallest absolute Gasteiger partial charge is 0.415 e. The van der Waals surface area contributed by atoms with Gasteiger partial charge in [0.2, 0.25) is 0 Å². The summed E-state index contributed by atoms with van der Waals surface area (Å²) in [6.07, 6.45) is 5.00. The molecule has 0 saturated heterocycles. The number of imide groups is 1. The van der Waals surface area contributed by atoms with Crippen LogP contribution < -0.4 is 5.56 Å². The highest BCUT2D eigenvalue weighted by atomic mass is 16.4. The van der Waals surface area contributed by atoms with E-state index in [2.05, 4.69) is 5.10 Å². The van der Waals surface area contributed by atoms with Crippen LogP contribution in [0, 0.1) is 11.5 Å². The van der Waals surface area contributed by atoms with E-state index in [-0.39, 0.29) is 18.1 Å². The number of nitriles is 1. The van der Waals surface area contributed by atoms with E-state index in [9.17, 15) is 24.8 Å². The fourth-order valence-corrected chi connectivity index (χ4v) is 3.96. The van der Waals surface area contributed by atoms with Crippen molar-refractivity contribution in [2.24, 2.45) is 0 Å². The van der Waals surface area contributed by atoms with Crippen molar-refractivity contribution in [3.63, 3.8) is 0 Å². The molecule has 0 unspecified atom stereocenters. The summed E-state index contributed by atoms with van der Waals surface area (Å²) in [5.41, 5.74) is 2.26. The molecule has 1 fully saturated rings. The van der Waals surface area contributed by atoms with Crippen molar-refractivity contribution in [1.29, 1.82) is 5.26 Å². The van der Waals surface area contributed by atoms with Gasteiger partial charge in [-0.2, -0.15) is 10.4 Å². The number of carbonyl (C=O) groups excluding carboxylic acids is 1. The molecule has 1 aliphatic carbocycles. The first-order valence-electron chi connectivity index (χ1n) is 10.9. The third kappa shape index (κ3) is 5.32. The third-order valence-electron chi connectivity index (χ3n) is 5.74. The number of rotatable bonds is 6. The molecule has 1 aliphatic rings. The van der Waals surface area contributed by atoms with Gasteiger partial charge < -0.3 is 5.11 Å². The van der Waals surface area contributed by atoms with Crippen LogP contribution >= 0.6 is 0 Å². The molecule has 0 atom stereocenters. The SMILES string of the molecule is CCn1nc(-c2ccc(CCN(C#N)C(=O)N(C(=O)O)C3CCCCC3)cc2)ccc1=O. The lowest BCUT2D eigenvalue weighted by Gasteiger charge is -2.32. The van der Waals surface area contributed by atoms with Crippen molar-refractivity contribution in [1.82, 2.24) is 19.6 Å². The number of hydrogen-bond donors (Lipinski definition) is 1. The number of amides is 3. The molecule has 168 valence electrons. The van der Waals surface area contributed by atoms with Crippen LogP contribution in [0.5, 0.6) is 0 Å². The van der Waals surface area contributed by atoms with Crippen LogP contribution in [0.4, 0.5) is 9.59 Å². The number of benzene rings is 1. The number of urea groups is 1. The Bertz CT molecular complexity index is 1050. The molecule has 32 heavy (non-hydrogen) atoms. The second-order valence-electron chi connectivity index (χ2n) is 7.80. The molecule has 2 aromatic rings. The van der Waals surface area contributed by atoms with E-state index in [4.69, 9.17) is 0 Å². The predicted octanol–water partition coefficient (Wildman–Crippen LogP) is 3.69. The number of carbonyl (C=O) groups is 2. The lowest BCUT2D eigenvalue weighted by molar-refractivity contribution is 0.110. The minimum absolute atomic E-state index is 0.0874. The number of hydrogen-bond acceptors (Lipinski definition) is 5. The molecule has 0 bridgehead atoms. The van der Waals surface area contributed by atoms with Crippen molar-refractivity contribution in [2.75, 3.05) is 6.54 Å². The topological polar surface area (TPSA) is 120 Å². The van der Waals surface area contributed by atoms with Gasteiger partial charge in [-0.3, -0.25) is 4.79 Å². The minimum atomic E-state index is -1.31. The summed E-state index contributed by atoms with van der Waals surface area (Å²) < 4.78 is 1.39. The van der Waals surface area contributed by atoms with Crippen LogP contribution in [0.2, 0.25) is 0 Å². The number of carboxylic acid groups (broad SMARTS) is 1. The second-order valence-corrected chi connectivity index (χ2v) is 7.80. The van der Waals surface area contributed by atoms with Crippen molar-refractivity contribution >= 4 is 12.1 Å². The molecule has 3 amide bonds. The average molecular weight is 438 g/mol. The van der Waals surface area contributed by atoms with Crippen LogP contribution in [0.15, 0.2) is 41.2 Å². The summed E-state index contributed by atoms with van der Waals surface area (Å²) in [6.45, 7) is 2.42. The summed E-state index contributed by atoms with van der Waals surface area (Å²) in [6, 6.07) is 9.47. The summed E-state index contributed by atoms with van der Waals surface area (Å²) in [7, 11) is 0. The van der Waals surface area contributed by atoms with Gasteiger partial charge in [0.25, 0.3) is 5.56 Å². The van der Waals surface area contributed by atoms with Gasteiger partial charge in [0.1, 0.15) is 0 Å². The Balaban J connectivity index is 1.66. The quantitative estimate of drug-likeness (QED) is 0.544. The molecule has 3 rings (SSSR count). The highest BCUT2D eigenvalue weighted by Gasteiger charge is 2.33. The number of aryl methyl sites for hydroxylation is 1. The lowest BCUT2D eigenvalue weighted by atomic mass is 9.94. The first kappa shape index (κ1) is 23.0. The van der Waals surface area contributed by atoms with E-state index < -0.39 is 12.1 Å². The molecule has 9 heteroatoms. The highest BCUT2D eigenvalue weighted by molar-refractivity contribution is 5.91. The molecule has 0 aliphatic heterocycles. The van der Waals surface area contributed by atoms with Gasteiger partial charge in [0.15, 0.2) is 6.19 Å². The zero-order chi connectivity index (χ0) is 23.1. The fourth-order valence-electron chi connectivity index (χ4n) is 3.96. The normalized spacial score (nSPS) is 13.9. The minimum Gasteiger partial charge on any atom is -0.465 e. The molecule has 9 nitrogen and oxygen atoms in total. The fraction of sp³-hybridized carbons (Fsp3) is 0.435. The Morgan fingerprint density at radius 2 is 1.84 bits per heavy atom. The molecule has 1 N–H and O–H groups in total. The van der Waals surface area contributed by atoms with Crippen molar-refractivity contribution < 1.29 is 14.7 Å². The molecule has 1 saturated carbocycles. The van der Waals surface area contributed by atoms with Gasteiger partial charge in [-0.25, -0.2) is 24.1 Å². The van der Waals surface area contributed by atoms with Crippen molar-refractivity contribution in [3.8, 4) is 17.5 Å². The second kappa shape index (κ2) is 10.6. The molecule has 1 aromatic heterocycles. The first-order chi connectivity index (χ1) is 15.4. The lowest BCUT2D eigenvalue weighted by Crippen LogP contribution is -2.50. The average Bonchev–Trinajstić information content (AvgIpc) is 2.81. The predicted molar refractivity (Wildman–Crippen MR) is 118 cm³/mol. The zero-order valence-corrected chi connectivity index (χ0v) is 18.1. The Labute approximate surface area is 186 Å². The van der Waals surface area contributed by atoms with Gasteiger partial charge in [0, 0.05) is 30.8 Å². The maximum atomic E-state index is 12.8. The molecule has 1 aromatic carbocycles. The van der Waals surface area contributed by atoms with E-state index in [1.165, 1.54) is 10.7 Å². The van der Waals surface area contributed by atoms with Crippen molar-refractivity contribution in [3.05, 3.63) is 52.3 Å². The Hall–Kier alpha value is -3.67. The number of aromatic nitrogens is 2. The van der Waals surface area contributed by atoms with Gasteiger partial charge in [-0.05, 0) is 37.8 Å². The largest absolute Gasteiger partial charge is 0.465 e. The Kier molecular flexibility index (Phi) is 7.60. The van der Waals surface area contributed by atoms with E-state index in [1.807, 2.05) is 37.4 Å². The summed E-state index contributed by atoms with van der Waals surface area (Å²) in [5.74, 6) is 0. The maximum absolute atomic E-state index is 12.8. The van der Waals surface area contributed by atoms with Crippen LogP contribution in [-0.4, -0.2) is 49.4 Å². The third-order valence-corrected chi connectivity index (χ3v) is 5.74. The highest BCUT2D eigenvalue weighted by Crippen LogP contribution is 2.24. The molecule has 0 spiro atoms. The maximum Gasteiger partial charge on any atom is 0.415 e. The van der Waals surface area contributed by atoms with Crippen LogP contribution in [0.1, 0.15) is 44.6 Å². The zero-order valence-electron chi connectivity index (χ0n) is 18.1. The molecule has 0 radical (unpaired) electrons. The monoisotopic (exact) mass is 437 g/mol. The Morgan fingerprint density at radius 3 is 2.44 bits per heavy atom. The summed E-state index contributed by atoms with van der Waals surface area (Å²) in [4.78, 5) is 37.9. The van der Waals surface area contributed by atoms with E-state index in [0.717, 1.165) is 40.2 Å². The van der Waals surface area contributed by atoms with Gasteiger partial charge in [-0.1, -0.05) is 43.5 Å². The molecular formula is C23H27N5O4. The van der Waals surface area contributed by atoms with Gasteiger partial charge >= 0.3 is 12.1 Å². The summed E-state index contributed by atoms with van der Waals surface area (Å²) >= 11 is 0. The first-order valence-corrected chi connectivity index (χ1v) is 10.9.